The van der Waals surface area contributed by atoms with Gasteiger partial charge in [-0.1, -0.05) is 26.2 Å². The average Bonchev–Trinajstić information content (AvgIpc) is 2.61. The van der Waals surface area contributed by atoms with Gasteiger partial charge in [-0.25, -0.2) is 0 Å². The summed E-state index contributed by atoms with van der Waals surface area (Å²) in [5, 5.41) is 0. The van der Waals surface area contributed by atoms with Crippen LogP contribution >= 0.6 is 0 Å². The molecule has 16 heavy (non-hydrogen) atoms. The minimum atomic E-state index is 0.282. The predicted octanol–water partition coefficient (Wildman–Crippen LogP) is 3.01. The van der Waals surface area contributed by atoms with Gasteiger partial charge in [-0.3, -0.25) is 9.69 Å². The number of hydrogen-bond acceptors (Lipinski definition) is 2. The molecule has 2 nitrogen and oxygen atoms in total. The van der Waals surface area contributed by atoms with Crippen LogP contribution in [0.25, 0.3) is 0 Å². The Bertz CT molecular complexity index is 239. The molecule has 1 saturated carbocycles. The Morgan fingerprint density at radius 3 is 2.94 bits per heavy atom. The van der Waals surface area contributed by atoms with Gasteiger partial charge < -0.3 is 0 Å². The summed E-state index contributed by atoms with van der Waals surface area (Å²) in [6.45, 7) is 4.62. The maximum Gasteiger partial charge on any atom is 0.149 e. The van der Waals surface area contributed by atoms with Crippen molar-refractivity contribution in [1.29, 1.82) is 0 Å². The summed E-state index contributed by atoms with van der Waals surface area (Å²) in [5.41, 5.74) is 0. The monoisotopic (exact) mass is 223 g/mol. The number of likely N-dealkylation sites (tertiary alicyclic amines) is 1. The van der Waals surface area contributed by atoms with Crippen molar-refractivity contribution >= 4 is 5.78 Å². The molecule has 2 rings (SSSR count). The molecular weight excluding hydrogens is 198 g/mol. The maximum absolute atomic E-state index is 12.0. The molecule has 1 saturated heterocycles. The summed E-state index contributed by atoms with van der Waals surface area (Å²) in [6, 6.07) is 0.282. The minimum absolute atomic E-state index is 0.282. The highest BCUT2D eigenvalue weighted by atomic mass is 16.1. The lowest BCUT2D eigenvalue weighted by molar-refractivity contribution is -0.123. The Labute approximate surface area is 99.4 Å². The molecule has 2 unspecified atom stereocenters. The van der Waals surface area contributed by atoms with Crippen molar-refractivity contribution in [3.8, 4) is 0 Å². The van der Waals surface area contributed by atoms with E-state index in [0.29, 0.717) is 5.78 Å². The van der Waals surface area contributed by atoms with Crippen LogP contribution in [0.4, 0.5) is 0 Å². The number of nitrogens with zero attached hydrogens (tertiary/aromatic N) is 1. The molecule has 0 radical (unpaired) electrons. The smallest absolute Gasteiger partial charge is 0.149 e. The molecule has 1 aliphatic carbocycles. The van der Waals surface area contributed by atoms with Crippen LogP contribution in [0.1, 0.15) is 58.3 Å². The van der Waals surface area contributed by atoms with E-state index < -0.39 is 0 Å². The standard InChI is InChI=1S/C14H25NO/c1-2-6-12-9-10-15(11-12)13-7-4-3-5-8-14(13)16/h12-13H,2-11H2,1H3. The Morgan fingerprint density at radius 1 is 1.25 bits per heavy atom. The normalized spacial score (nSPS) is 32.9. The zero-order chi connectivity index (χ0) is 11.4. The topological polar surface area (TPSA) is 20.3 Å². The first-order valence-corrected chi connectivity index (χ1v) is 7.08. The van der Waals surface area contributed by atoms with Crippen molar-refractivity contribution in [2.45, 2.75) is 64.3 Å². The quantitative estimate of drug-likeness (QED) is 0.685. The van der Waals surface area contributed by atoms with Crippen LogP contribution in [0.15, 0.2) is 0 Å². The van der Waals surface area contributed by atoms with Gasteiger partial charge >= 0.3 is 0 Å². The van der Waals surface area contributed by atoms with Crippen LogP contribution < -0.4 is 0 Å². The summed E-state index contributed by atoms with van der Waals surface area (Å²) >= 11 is 0. The number of ketones is 1. The highest BCUT2D eigenvalue weighted by molar-refractivity contribution is 5.84. The zero-order valence-electron chi connectivity index (χ0n) is 10.6. The molecule has 0 aromatic heterocycles. The summed E-state index contributed by atoms with van der Waals surface area (Å²) in [4.78, 5) is 14.5. The largest absolute Gasteiger partial charge is 0.298 e. The third kappa shape index (κ3) is 2.85. The molecule has 0 aromatic rings. The van der Waals surface area contributed by atoms with Crippen molar-refractivity contribution in [2.75, 3.05) is 13.1 Å². The van der Waals surface area contributed by atoms with E-state index in [4.69, 9.17) is 0 Å². The third-order valence-electron chi connectivity index (χ3n) is 4.23. The molecule has 2 aliphatic rings. The van der Waals surface area contributed by atoms with Crippen molar-refractivity contribution in [2.24, 2.45) is 5.92 Å². The van der Waals surface area contributed by atoms with E-state index in [2.05, 4.69) is 11.8 Å². The van der Waals surface area contributed by atoms with Crippen molar-refractivity contribution in [3.05, 3.63) is 0 Å². The summed E-state index contributed by atoms with van der Waals surface area (Å²) < 4.78 is 0. The Morgan fingerprint density at radius 2 is 2.12 bits per heavy atom. The highest BCUT2D eigenvalue weighted by Gasteiger charge is 2.32. The van der Waals surface area contributed by atoms with E-state index in [1.54, 1.807) is 0 Å². The molecule has 0 spiro atoms. The molecule has 2 atom stereocenters. The van der Waals surface area contributed by atoms with Crippen LogP contribution in [0.2, 0.25) is 0 Å². The van der Waals surface area contributed by atoms with Crippen molar-refractivity contribution in [3.63, 3.8) is 0 Å². The second-order valence-corrected chi connectivity index (χ2v) is 5.52. The molecule has 1 aliphatic heterocycles. The number of Topliss-reactive ketones (excluding diaryl/α,β-unsaturated/α-hetero) is 1. The maximum atomic E-state index is 12.0. The SMILES string of the molecule is CCCC1CCN(C2CCCCCC2=O)C1. The fourth-order valence-electron chi connectivity index (χ4n) is 3.32. The first-order valence-electron chi connectivity index (χ1n) is 7.08. The lowest BCUT2D eigenvalue weighted by Gasteiger charge is -2.25. The van der Waals surface area contributed by atoms with E-state index in [1.165, 1.54) is 45.2 Å². The van der Waals surface area contributed by atoms with Gasteiger partial charge in [0.2, 0.25) is 0 Å². The van der Waals surface area contributed by atoms with E-state index in [9.17, 15) is 4.79 Å². The van der Waals surface area contributed by atoms with Gasteiger partial charge in [-0.05, 0) is 38.1 Å². The highest BCUT2D eigenvalue weighted by Crippen LogP contribution is 2.27. The number of rotatable bonds is 3. The van der Waals surface area contributed by atoms with Crippen LogP contribution in [0.5, 0.6) is 0 Å². The van der Waals surface area contributed by atoms with E-state index >= 15 is 0 Å². The number of carbonyl (C=O) groups is 1. The summed E-state index contributed by atoms with van der Waals surface area (Å²) in [6.07, 6.45) is 9.55. The van der Waals surface area contributed by atoms with Crippen molar-refractivity contribution < 1.29 is 4.79 Å². The van der Waals surface area contributed by atoms with Crippen molar-refractivity contribution in [1.82, 2.24) is 4.90 Å². The first-order chi connectivity index (χ1) is 7.81. The summed E-state index contributed by atoms with van der Waals surface area (Å²) in [7, 11) is 0. The molecule has 0 bridgehead atoms. The Balaban J connectivity index is 1.89. The molecule has 1 heterocycles. The molecule has 2 fully saturated rings. The third-order valence-corrected chi connectivity index (χ3v) is 4.23. The first kappa shape index (κ1) is 12.1. The van der Waals surface area contributed by atoms with Gasteiger partial charge in [-0.15, -0.1) is 0 Å². The minimum Gasteiger partial charge on any atom is -0.298 e. The van der Waals surface area contributed by atoms with Gasteiger partial charge in [-0.2, -0.15) is 0 Å². The molecule has 0 amide bonds. The second kappa shape index (κ2) is 5.81. The second-order valence-electron chi connectivity index (χ2n) is 5.52. The van der Waals surface area contributed by atoms with E-state index in [-0.39, 0.29) is 6.04 Å². The van der Waals surface area contributed by atoms with Gasteiger partial charge in [0.25, 0.3) is 0 Å². The molecule has 0 aromatic carbocycles. The van der Waals surface area contributed by atoms with Crippen LogP contribution in [-0.2, 0) is 4.79 Å². The van der Waals surface area contributed by atoms with Crippen LogP contribution in [-0.4, -0.2) is 29.8 Å². The van der Waals surface area contributed by atoms with Gasteiger partial charge in [0.1, 0.15) is 5.78 Å². The van der Waals surface area contributed by atoms with Crippen LogP contribution in [0, 0.1) is 5.92 Å². The van der Waals surface area contributed by atoms with Gasteiger partial charge in [0.15, 0.2) is 0 Å². The fraction of sp³-hybridized carbons (Fsp3) is 0.929. The summed E-state index contributed by atoms with van der Waals surface area (Å²) in [5.74, 6) is 1.38. The Kier molecular flexibility index (Phi) is 4.39. The number of carbonyl (C=O) groups excluding carboxylic acids is 1. The fourth-order valence-corrected chi connectivity index (χ4v) is 3.32. The molecule has 92 valence electrons. The van der Waals surface area contributed by atoms with E-state index in [1.807, 2.05) is 0 Å². The van der Waals surface area contributed by atoms with E-state index in [0.717, 1.165) is 25.2 Å². The Hall–Kier alpha value is -0.370. The lowest BCUT2D eigenvalue weighted by atomic mass is 10.0. The molecule has 2 heteroatoms. The molecule has 0 N–H and O–H groups in total. The lowest BCUT2D eigenvalue weighted by Crippen LogP contribution is -2.39. The zero-order valence-corrected chi connectivity index (χ0v) is 10.6. The molecular formula is C14H25NO. The van der Waals surface area contributed by atoms with Gasteiger partial charge in [0, 0.05) is 13.0 Å². The van der Waals surface area contributed by atoms with Crippen LogP contribution in [0.3, 0.4) is 0 Å². The predicted molar refractivity (Wildman–Crippen MR) is 66.5 cm³/mol. The van der Waals surface area contributed by atoms with Gasteiger partial charge in [0.05, 0.1) is 6.04 Å². The average molecular weight is 223 g/mol. The number of hydrogen-bond donors (Lipinski definition) is 0.